The first-order chi connectivity index (χ1) is 10.2. The van der Waals surface area contributed by atoms with Gasteiger partial charge in [0, 0.05) is 47.1 Å². The maximum Gasteiger partial charge on any atom is 0.266 e. The summed E-state index contributed by atoms with van der Waals surface area (Å²) in [6.07, 6.45) is 1.74. The Morgan fingerprint density at radius 3 is 2.95 bits per heavy atom. The van der Waals surface area contributed by atoms with Crippen LogP contribution in [0.4, 0.5) is 4.39 Å². The van der Waals surface area contributed by atoms with Crippen LogP contribution in [0.25, 0.3) is 0 Å². The highest BCUT2D eigenvalue weighted by Crippen LogP contribution is 2.27. The highest BCUT2D eigenvalue weighted by Gasteiger charge is 2.16. The topological polar surface area (TPSA) is 56.1 Å². The van der Waals surface area contributed by atoms with Gasteiger partial charge in [0.05, 0.1) is 0 Å². The van der Waals surface area contributed by atoms with Crippen LogP contribution in [0.15, 0.2) is 35.4 Å². The van der Waals surface area contributed by atoms with Crippen LogP contribution in [0.3, 0.4) is 0 Å². The minimum atomic E-state index is -0.595. The predicted octanol–water partition coefficient (Wildman–Crippen LogP) is 2.90. The molecule has 0 aliphatic heterocycles. The largest absolute Gasteiger partial charge is 0.472 e. The minimum absolute atomic E-state index is 0.0971. The Morgan fingerprint density at radius 2 is 2.33 bits per heavy atom. The van der Waals surface area contributed by atoms with Gasteiger partial charge in [-0.1, -0.05) is 17.8 Å². The van der Waals surface area contributed by atoms with Gasteiger partial charge < -0.3 is 4.74 Å². The van der Waals surface area contributed by atoms with Crippen molar-refractivity contribution in [2.75, 3.05) is 6.01 Å². The number of thioether (sulfide) groups is 1. The summed E-state index contributed by atoms with van der Waals surface area (Å²) >= 11 is 6.36. The number of nitrogens with one attached hydrogen (secondary N) is 1. The highest BCUT2D eigenvalue weighted by molar-refractivity contribution is 7.99. The van der Waals surface area contributed by atoms with Gasteiger partial charge >= 0.3 is 0 Å². The van der Waals surface area contributed by atoms with Gasteiger partial charge in [-0.15, -0.1) is 5.10 Å². The fraction of sp³-hybridized carbons (Fsp3) is 0.231. The Kier molecular flexibility index (Phi) is 5.46. The molecule has 0 bridgehead atoms. The summed E-state index contributed by atoms with van der Waals surface area (Å²) in [5.41, 5.74) is 0.920. The van der Waals surface area contributed by atoms with Crippen LogP contribution in [0.1, 0.15) is 15.9 Å². The molecule has 0 spiro atoms. The van der Waals surface area contributed by atoms with E-state index in [4.69, 9.17) is 16.5 Å². The summed E-state index contributed by atoms with van der Waals surface area (Å²) in [6, 6.07) is 6.11. The van der Waals surface area contributed by atoms with Gasteiger partial charge in [0.2, 0.25) is 5.88 Å². The molecule has 2 aromatic rings. The molecule has 1 heterocycles. The maximum atomic E-state index is 12.6. The lowest BCUT2D eigenvalue weighted by Gasteiger charge is -2.12. The van der Waals surface area contributed by atoms with Crippen molar-refractivity contribution in [3.8, 4) is 5.88 Å². The molecule has 0 saturated carbocycles. The van der Waals surface area contributed by atoms with E-state index in [9.17, 15) is 9.18 Å². The standard InChI is InChI=1S/C13H13ClFN3O2S/c1-18-6-5-12(17-18)20-7-10-9(13(19)16-14)3-2-4-11(10)21-8-15/h2-6H,7-8H2,1H3,(H,16,19). The zero-order valence-corrected chi connectivity index (χ0v) is 12.7. The van der Waals surface area contributed by atoms with E-state index >= 15 is 0 Å². The van der Waals surface area contributed by atoms with E-state index in [1.54, 1.807) is 42.2 Å². The zero-order valence-electron chi connectivity index (χ0n) is 11.2. The third kappa shape index (κ3) is 3.89. The first-order valence-corrected chi connectivity index (χ1v) is 7.36. The lowest BCUT2D eigenvalue weighted by atomic mass is 10.1. The number of benzene rings is 1. The van der Waals surface area contributed by atoms with Crippen molar-refractivity contribution in [3.05, 3.63) is 41.6 Å². The fourth-order valence-electron chi connectivity index (χ4n) is 1.79. The normalized spacial score (nSPS) is 10.4. The number of amides is 1. The van der Waals surface area contributed by atoms with Gasteiger partial charge in [-0.25, -0.2) is 4.39 Å². The van der Waals surface area contributed by atoms with E-state index in [0.29, 0.717) is 21.9 Å². The number of carbonyl (C=O) groups is 1. The molecule has 0 saturated heterocycles. The summed E-state index contributed by atoms with van der Waals surface area (Å²) in [5, 5.41) is 4.08. The van der Waals surface area contributed by atoms with Crippen LogP contribution in [0.2, 0.25) is 0 Å². The van der Waals surface area contributed by atoms with Crippen LogP contribution in [-0.2, 0) is 13.7 Å². The van der Waals surface area contributed by atoms with Crippen molar-refractivity contribution >= 4 is 29.4 Å². The lowest BCUT2D eigenvalue weighted by molar-refractivity contribution is 0.0979. The molecule has 1 N–H and O–H groups in total. The van der Waals surface area contributed by atoms with E-state index < -0.39 is 11.9 Å². The second kappa shape index (κ2) is 7.33. The number of halogens is 2. The lowest BCUT2D eigenvalue weighted by Crippen LogP contribution is -2.16. The zero-order chi connectivity index (χ0) is 15.2. The Morgan fingerprint density at radius 1 is 1.52 bits per heavy atom. The number of alkyl halides is 1. The van der Waals surface area contributed by atoms with Crippen LogP contribution in [-0.4, -0.2) is 21.7 Å². The molecular weight excluding hydrogens is 317 g/mol. The molecule has 112 valence electrons. The quantitative estimate of drug-likeness (QED) is 0.654. The number of ether oxygens (including phenoxy) is 1. The SMILES string of the molecule is Cn1ccc(OCc2c(SCF)cccc2C(=O)NCl)n1. The average molecular weight is 330 g/mol. The number of rotatable bonds is 6. The molecule has 21 heavy (non-hydrogen) atoms. The molecule has 0 radical (unpaired) electrons. The van der Waals surface area contributed by atoms with E-state index in [-0.39, 0.29) is 6.61 Å². The highest BCUT2D eigenvalue weighted by atomic mass is 35.5. The van der Waals surface area contributed by atoms with Crippen molar-refractivity contribution in [1.82, 2.24) is 14.6 Å². The first-order valence-electron chi connectivity index (χ1n) is 5.99. The van der Waals surface area contributed by atoms with Gasteiger partial charge in [-0.05, 0) is 12.1 Å². The molecule has 1 amide bonds. The third-order valence-corrected chi connectivity index (χ3v) is 3.70. The van der Waals surface area contributed by atoms with Crippen LogP contribution >= 0.6 is 23.5 Å². The molecular formula is C13H13ClFN3O2S. The molecule has 1 aromatic carbocycles. The number of aryl methyl sites for hydroxylation is 1. The summed E-state index contributed by atoms with van der Waals surface area (Å²) < 4.78 is 19.8. The summed E-state index contributed by atoms with van der Waals surface area (Å²) in [7, 11) is 1.77. The Hall–Kier alpha value is -1.73. The molecule has 0 atom stereocenters. The molecule has 0 unspecified atom stereocenters. The molecule has 0 fully saturated rings. The van der Waals surface area contributed by atoms with Crippen LogP contribution < -0.4 is 9.57 Å². The Balaban J connectivity index is 2.27. The second-order valence-electron chi connectivity index (χ2n) is 4.08. The minimum Gasteiger partial charge on any atom is -0.472 e. The molecule has 8 heteroatoms. The summed E-state index contributed by atoms with van der Waals surface area (Å²) in [5.74, 6) is -0.0348. The molecule has 5 nitrogen and oxygen atoms in total. The predicted molar refractivity (Wildman–Crippen MR) is 79.1 cm³/mol. The number of aromatic nitrogens is 2. The average Bonchev–Trinajstić information content (AvgIpc) is 2.91. The molecule has 2 rings (SSSR count). The van der Waals surface area contributed by atoms with E-state index in [2.05, 4.69) is 5.10 Å². The smallest absolute Gasteiger partial charge is 0.266 e. The number of nitrogens with zero attached hydrogens (tertiary/aromatic N) is 2. The van der Waals surface area contributed by atoms with E-state index in [1.165, 1.54) is 0 Å². The fourth-order valence-corrected chi connectivity index (χ4v) is 2.53. The van der Waals surface area contributed by atoms with Crippen molar-refractivity contribution in [2.24, 2.45) is 7.05 Å². The Bertz CT molecular complexity index is 636. The van der Waals surface area contributed by atoms with Crippen molar-refractivity contribution in [1.29, 1.82) is 0 Å². The number of carbonyl (C=O) groups excluding carboxylic acids is 1. The van der Waals surface area contributed by atoms with Crippen molar-refractivity contribution in [2.45, 2.75) is 11.5 Å². The van der Waals surface area contributed by atoms with Gasteiger partial charge in [0.1, 0.15) is 12.6 Å². The second-order valence-corrected chi connectivity index (χ2v) is 5.21. The monoisotopic (exact) mass is 329 g/mol. The van der Waals surface area contributed by atoms with Crippen molar-refractivity contribution < 1.29 is 13.9 Å². The van der Waals surface area contributed by atoms with E-state index in [0.717, 1.165) is 11.8 Å². The van der Waals surface area contributed by atoms with Crippen LogP contribution in [0.5, 0.6) is 5.88 Å². The molecule has 0 aliphatic rings. The van der Waals surface area contributed by atoms with Gasteiger partial charge in [-0.3, -0.25) is 14.3 Å². The van der Waals surface area contributed by atoms with Gasteiger partial charge in [0.25, 0.3) is 5.91 Å². The Labute approximate surface area is 130 Å². The van der Waals surface area contributed by atoms with Gasteiger partial charge in [-0.2, -0.15) is 0 Å². The maximum absolute atomic E-state index is 12.6. The number of hydrogen-bond donors (Lipinski definition) is 1. The molecule has 0 aliphatic carbocycles. The van der Waals surface area contributed by atoms with Gasteiger partial charge in [0.15, 0.2) is 0 Å². The summed E-state index contributed by atoms with van der Waals surface area (Å²) in [6.45, 7) is 0.0971. The molecule has 1 aromatic heterocycles. The third-order valence-electron chi connectivity index (χ3n) is 2.73. The van der Waals surface area contributed by atoms with Crippen LogP contribution in [0, 0.1) is 0 Å². The van der Waals surface area contributed by atoms with Crippen molar-refractivity contribution in [3.63, 3.8) is 0 Å². The van der Waals surface area contributed by atoms with E-state index in [1.807, 2.05) is 4.84 Å². The first kappa shape index (κ1) is 15.7. The summed E-state index contributed by atoms with van der Waals surface area (Å²) in [4.78, 5) is 14.5. The number of hydrogen-bond acceptors (Lipinski definition) is 4.